The Morgan fingerprint density at radius 2 is 2.40 bits per heavy atom. The first-order valence-corrected chi connectivity index (χ1v) is 5.31. The van der Waals surface area contributed by atoms with Crippen LogP contribution in [0.3, 0.4) is 0 Å². The molecule has 0 bridgehead atoms. The second kappa shape index (κ2) is 6.14. The maximum Gasteiger partial charge on any atom is 0.269 e. The lowest BCUT2D eigenvalue weighted by Crippen LogP contribution is -2.25. The number of nitrogens with one attached hydrogen (secondary N) is 1. The average molecular weight is 268 g/mol. The van der Waals surface area contributed by atoms with Crippen LogP contribution < -0.4 is 5.32 Å². The van der Waals surface area contributed by atoms with Gasteiger partial charge in [0.2, 0.25) is 0 Å². The van der Waals surface area contributed by atoms with Crippen molar-refractivity contribution in [2.45, 2.75) is 12.8 Å². The van der Waals surface area contributed by atoms with Gasteiger partial charge in [-0.25, -0.2) is 4.98 Å². The molecular formula is C10H10BrN3O. The first-order chi connectivity index (χ1) is 7.24. The minimum absolute atomic E-state index is 0.214. The Kier molecular flexibility index (Phi) is 4.78. The number of rotatable bonds is 4. The molecule has 1 aromatic rings. The number of amides is 1. The van der Waals surface area contributed by atoms with Gasteiger partial charge in [0.25, 0.3) is 5.91 Å². The molecule has 0 saturated heterocycles. The standard InChI is InChI=1S/C10H10BrN3O/c11-9-5-3-4-8(14-9)10(15)13-7-2-1-6-12/h3-5H,1-2,7H2,(H,13,15). The molecule has 5 heteroatoms. The summed E-state index contributed by atoms with van der Waals surface area (Å²) < 4.78 is 0.632. The zero-order valence-electron chi connectivity index (χ0n) is 8.03. The van der Waals surface area contributed by atoms with Crippen LogP contribution in [-0.4, -0.2) is 17.4 Å². The third-order valence-corrected chi connectivity index (χ3v) is 2.14. The van der Waals surface area contributed by atoms with E-state index in [0.717, 1.165) is 0 Å². The van der Waals surface area contributed by atoms with Crippen molar-refractivity contribution in [1.29, 1.82) is 5.26 Å². The lowest BCUT2D eigenvalue weighted by molar-refractivity contribution is 0.0948. The maximum absolute atomic E-state index is 11.5. The third kappa shape index (κ3) is 4.09. The molecule has 1 heterocycles. The lowest BCUT2D eigenvalue weighted by Gasteiger charge is -2.02. The van der Waals surface area contributed by atoms with Gasteiger partial charge in [0.1, 0.15) is 10.3 Å². The minimum Gasteiger partial charge on any atom is -0.351 e. The zero-order valence-corrected chi connectivity index (χ0v) is 9.62. The molecule has 1 aromatic heterocycles. The van der Waals surface area contributed by atoms with Crippen LogP contribution in [0.5, 0.6) is 0 Å². The van der Waals surface area contributed by atoms with E-state index in [4.69, 9.17) is 5.26 Å². The van der Waals surface area contributed by atoms with Gasteiger partial charge in [0, 0.05) is 13.0 Å². The first kappa shape index (κ1) is 11.7. The van der Waals surface area contributed by atoms with Crippen LogP contribution in [0.4, 0.5) is 0 Å². The summed E-state index contributed by atoms with van der Waals surface area (Å²) in [6.45, 7) is 0.501. The van der Waals surface area contributed by atoms with Crippen LogP contribution in [0.25, 0.3) is 0 Å². The van der Waals surface area contributed by atoms with Crippen molar-refractivity contribution < 1.29 is 4.79 Å². The summed E-state index contributed by atoms with van der Waals surface area (Å²) in [5, 5.41) is 11.0. The highest BCUT2D eigenvalue weighted by Crippen LogP contribution is 2.05. The quantitative estimate of drug-likeness (QED) is 0.669. The number of hydrogen-bond acceptors (Lipinski definition) is 3. The van der Waals surface area contributed by atoms with Gasteiger partial charge in [-0.3, -0.25) is 4.79 Å². The van der Waals surface area contributed by atoms with Gasteiger partial charge in [-0.2, -0.15) is 5.26 Å². The predicted octanol–water partition coefficient (Wildman–Crippen LogP) is 1.88. The van der Waals surface area contributed by atoms with E-state index in [1.54, 1.807) is 18.2 Å². The number of carbonyl (C=O) groups excluding carboxylic acids is 1. The molecular weight excluding hydrogens is 258 g/mol. The maximum atomic E-state index is 11.5. The Morgan fingerprint density at radius 1 is 1.60 bits per heavy atom. The molecule has 0 atom stereocenters. The number of nitrogens with zero attached hydrogens (tertiary/aromatic N) is 2. The topological polar surface area (TPSA) is 65.8 Å². The highest BCUT2D eigenvalue weighted by molar-refractivity contribution is 9.10. The van der Waals surface area contributed by atoms with Gasteiger partial charge in [-0.1, -0.05) is 6.07 Å². The van der Waals surface area contributed by atoms with Crippen LogP contribution in [0.2, 0.25) is 0 Å². The van der Waals surface area contributed by atoms with Crippen LogP contribution in [0, 0.1) is 11.3 Å². The van der Waals surface area contributed by atoms with E-state index >= 15 is 0 Å². The summed E-state index contributed by atoms with van der Waals surface area (Å²) in [6.07, 6.45) is 1.11. The molecule has 1 rings (SSSR count). The van der Waals surface area contributed by atoms with Gasteiger partial charge in [-0.15, -0.1) is 0 Å². The smallest absolute Gasteiger partial charge is 0.269 e. The van der Waals surface area contributed by atoms with Gasteiger partial charge >= 0.3 is 0 Å². The second-order valence-electron chi connectivity index (χ2n) is 2.86. The van der Waals surface area contributed by atoms with E-state index in [1.807, 2.05) is 6.07 Å². The number of halogens is 1. The molecule has 0 saturated carbocycles. The SMILES string of the molecule is N#CCCCNC(=O)c1cccc(Br)n1. The van der Waals surface area contributed by atoms with Crippen molar-refractivity contribution >= 4 is 21.8 Å². The van der Waals surface area contributed by atoms with Crippen molar-refractivity contribution in [3.63, 3.8) is 0 Å². The highest BCUT2D eigenvalue weighted by atomic mass is 79.9. The average Bonchev–Trinajstić information content (AvgIpc) is 2.24. The molecule has 0 spiro atoms. The Labute approximate surface area is 96.4 Å². The molecule has 0 aliphatic heterocycles. The first-order valence-electron chi connectivity index (χ1n) is 4.52. The van der Waals surface area contributed by atoms with Crippen LogP contribution in [0.1, 0.15) is 23.3 Å². The molecule has 78 valence electrons. The third-order valence-electron chi connectivity index (χ3n) is 1.70. The van der Waals surface area contributed by atoms with Crippen molar-refractivity contribution in [2.24, 2.45) is 0 Å². The molecule has 4 nitrogen and oxygen atoms in total. The summed E-state index contributed by atoms with van der Waals surface area (Å²) in [6, 6.07) is 7.17. The molecule has 1 amide bonds. The monoisotopic (exact) mass is 267 g/mol. The Hall–Kier alpha value is -1.41. The molecule has 0 aliphatic rings. The van der Waals surface area contributed by atoms with Crippen LogP contribution in [0.15, 0.2) is 22.8 Å². The van der Waals surface area contributed by atoms with E-state index in [-0.39, 0.29) is 5.91 Å². The van der Waals surface area contributed by atoms with E-state index in [0.29, 0.717) is 29.7 Å². The number of aromatic nitrogens is 1. The van der Waals surface area contributed by atoms with Gasteiger partial charge < -0.3 is 5.32 Å². The fourth-order valence-corrected chi connectivity index (χ4v) is 1.34. The summed E-state index contributed by atoms with van der Waals surface area (Å²) in [5.41, 5.74) is 0.376. The minimum atomic E-state index is -0.214. The van der Waals surface area contributed by atoms with E-state index in [1.165, 1.54) is 0 Å². The fraction of sp³-hybridized carbons (Fsp3) is 0.300. The van der Waals surface area contributed by atoms with Gasteiger partial charge in [0.05, 0.1) is 6.07 Å². The second-order valence-corrected chi connectivity index (χ2v) is 3.68. The van der Waals surface area contributed by atoms with E-state index in [2.05, 4.69) is 26.2 Å². The molecule has 15 heavy (non-hydrogen) atoms. The zero-order chi connectivity index (χ0) is 11.1. The Balaban J connectivity index is 2.44. The van der Waals surface area contributed by atoms with Crippen molar-refractivity contribution in [3.05, 3.63) is 28.5 Å². The van der Waals surface area contributed by atoms with Crippen molar-refractivity contribution in [3.8, 4) is 6.07 Å². The van der Waals surface area contributed by atoms with E-state index in [9.17, 15) is 4.79 Å². The van der Waals surface area contributed by atoms with Crippen molar-refractivity contribution in [2.75, 3.05) is 6.54 Å². The summed E-state index contributed by atoms with van der Waals surface area (Å²) in [4.78, 5) is 15.5. The number of carbonyl (C=O) groups is 1. The Bertz CT molecular complexity index is 386. The lowest BCUT2D eigenvalue weighted by atomic mass is 10.3. The molecule has 0 fully saturated rings. The number of unbranched alkanes of at least 4 members (excludes halogenated alkanes) is 1. The normalized spacial score (nSPS) is 9.33. The number of pyridine rings is 1. The van der Waals surface area contributed by atoms with Crippen molar-refractivity contribution in [1.82, 2.24) is 10.3 Å². The summed E-state index contributed by atoms with van der Waals surface area (Å²) >= 11 is 3.19. The summed E-state index contributed by atoms with van der Waals surface area (Å²) in [5.74, 6) is -0.214. The molecule has 1 N–H and O–H groups in total. The Morgan fingerprint density at radius 3 is 3.07 bits per heavy atom. The highest BCUT2D eigenvalue weighted by Gasteiger charge is 2.05. The van der Waals surface area contributed by atoms with Crippen LogP contribution in [-0.2, 0) is 0 Å². The van der Waals surface area contributed by atoms with Gasteiger partial charge in [0.15, 0.2) is 0 Å². The predicted molar refractivity (Wildman–Crippen MR) is 59.1 cm³/mol. The summed E-state index contributed by atoms with van der Waals surface area (Å²) in [7, 11) is 0. The molecule has 0 aromatic carbocycles. The molecule has 0 aliphatic carbocycles. The van der Waals surface area contributed by atoms with Crippen LogP contribution >= 0.6 is 15.9 Å². The van der Waals surface area contributed by atoms with E-state index < -0.39 is 0 Å². The van der Waals surface area contributed by atoms with Gasteiger partial charge in [-0.05, 0) is 34.5 Å². The molecule has 0 unspecified atom stereocenters. The number of hydrogen-bond donors (Lipinski definition) is 1. The largest absolute Gasteiger partial charge is 0.351 e. The molecule has 0 radical (unpaired) electrons. The number of nitriles is 1. The fourth-order valence-electron chi connectivity index (χ4n) is 0.995.